The van der Waals surface area contributed by atoms with Crippen molar-refractivity contribution >= 4 is 23.0 Å². The predicted octanol–water partition coefficient (Wildman–Crippen LogP) is 4.12. The molecule has 0 spiro atoms. The van der Waals surface area contributed by atoms with E-state index in [1.807, 2.05) is 49.4 Å². The molecule has 2 heterocycles. The number of hydrogen-bond acceptors (Lipinski definition) is 4. The number of nitrogens with one attached hydrogen (secondary N) is 1. The number of amides is 1. The van der Waals surface area contributed by atoms with E-state index in [1.165, 1.54) is 6.42 Å². The second-order valence-corrected chi connectivity index (χ2v) is 6.34. The van der Waals surface area contributed by atoms with Gasteiger partial charge in [-0.05, 0) is 50.5 Å². The van der Waals surface area contributed by atoms with Crippen molar-refractivity contribution in [1.29, 1.82) is 0 Å². The van der Waals surface area contributed by atoms with Crippen molar-refractivity contribution in [2.75, 3.05) is 11.9 Å². The van der Waals surface area contributed by atoms with Gasteiger partial charge in [0.2, 0.25) is 5.95 Å². The Morgan fingerprint density at radius 1 is 1.19 bits per heavy atom. The Morgan fingerprint density at radius 2 is 1.96 bits per heavy atom. The molecule has 0 unspecified atom stereocenters. The molecule has 1 aliphatic rings. The summed E-state index contributed by atoms with van der Waals surface area (Å²) in [6.07, 6.45) is 3.37. The summed E-state index contributed by atoms with van der Waals surface area (Å²) < 4.78 is 7.57. The first-order valence-electron chi connectivity index (χ1n) is 8.54. The lowest BCUT2D eigenvalue weighted by Gasteiger charge is -2.28. The molecule has 0 bridgehead atoms. The molecule has 26 heavy (non-hydrogen) atoms. The van der Waals surface area contributed by atoms with Crippen LogP contribution in [0.5, 0.6) is 5.75 Å². The molecule has 1 saturated carbocycles. The van der Waals surface area contributed by atoms with Crippen LogP contribution >= 0.6 is 0 Å². The molecule has 6 nitrogen and oxygen atoms in total. The minimum Gasteiger partial charge on any atom is -0.484 e. The largest absolute Gasteiger partial charge is 0.484 e. The van der Waals surface area contributed by atoms with Crippen molar-refractivity contribution in [3.8, 4) is 5.75 Å². The number of ether oxygens (including phenoxy) is 1. The SMILES string of the molecule is C.Cc1ccc2nc(NC(=O)COc3ccccc3)n(C3CCC3)c2n1. The maximum absolute atomic E-state index is 12.3. The van der Waals surface area contributed by atoms with Gasteiger partial charge in [-0.1, -0.05) is 25.6 Å². The highest BCUT2D eigenvalue weighted by Gasteiger charge is 2.26. The Kier molecular flexibility index (Phi) is 5.21. The van der Waals surface area contributed by atoms with Gasteiger partial charge in [0.15, 0.2) is 12.3 Å². The molecule has 0 saturated heterocycles. The molecule has 6 heteroatoms. The normalized spacial score (nSPS) is 13.7. The number of anilines is 1. The van der Waals surface area contributed by atoms with Crippen molar-refractivity contribution in [2.45, 2.75) is 39.7 Å². The first-order valence-corrected chi connectivity index (χ1v) is 8.54. The quantitative estimate of drug-likeness (QED) is 0.750. The first-order chi connectivity index (χ1) is 12.2. The van der Waals surface area contributed by atoms with E-state index in [0.717, 1.165) is 29.7 Å². The van der Waals surface area contributed by atoms with Crippen LogP contribution in [0.25, 0.3) is 11.2 Å². The predicted molar refractivity (Wildman–Crippen MR) is 102 cm³/mol. The summed E-state index contributed by atoms with van der Waals surface area (Å²) in [5.74, 6) is 0.998. The van der Waals surface area contributed by atoms with Gasteiger partial charge in [-0.25, -0.2) is 9.97 Å². The fourth-order valence-electron chi connectivity index (χ4n) is 2.97. The van der Waals surface area contributed by atoms with Gasteiger partial charge in [-0.2, -0.15) is 0 Å². The average Bonchev–Trinajstić information content (AvgIpc) is 2.90. The Bertz CT molecular complexity index is 901. The standard InChI is InChI=1S/C19H20N4O2.CH4/c1-13-10-11-16-18(20-13)23(14-6-5-7-14)19(21-16)22-17(24)12-25-15-8-3-2-4-9-15;/h2-4,8-11,14H,5-7,12H2,1H3,(H,21,22,24);1H4. The first kappa shape index (κ1) is 17.9. The Morgan fingerprint density at radius 3 is 2.65 bits per heavy atom. The number of hydrogen-bond donors (Lipinski definition) is 1. The highest BCUT2D eigenvalue weighted by atomic mass is 16.5. The number of benzene rings is 1. The smallest absolute Gasteiger partial charge is 0.264 e. The number of pyridine rings is 1. The fraction of sp³-hybridized carbons (Fsp3) is 0.350. The van der Waals surface area contributed by atoms with E-state index in [2.05, 4.69) is 19.9 Å². The summed E-state index contributed by atoms with van der Waals surface area (Å²) in [5, 5.41) is 2.89. The second kappa shape index (κ2) is 7.56. The minimum atomic E-state index is -0.226. The van der Waals surface area contributed by atoms with Crippen molar-refractivity contribution in [3.63, 3.8) is 0 Å². The molecule has 1 aromatic carbocycles. The molecule has 136 valence electrons. The maximum Gasteiger partial charge on any atom is 0.264 e. The number of carbonyl (C=O) groups excluding carboxylic acids is 1. The van der Waals surface area contributed by atoms with Gasteiger partial charge in [-0.3, -0.25) is 14.7 Å². The number of para-hydroxylation sites is 1. The zero-order valence-corrected chi connectivity index (χ0v) is 14.1. The molecule has 1 N–H and O–H groups in total. The third-order valence-electron chi connectivity index (χ3n) is 4.48. The lowest BCUT2D eigenvalue weighted by Crippen LogP contribution is -2.25. The van der Waals surface area contributed by atoms with Crippen molar-refractivity contribution < 1.29 is 9.53 Å². The highest BCUT2D eigenvalue weighted by Crippen LogP contribution is 2.36. The van der Waals surface area contributed by atoms with Gasteiger partial charge in [0.1, 0.15) is 11.3 Å². The fourth-order valence-corrected chi connectivity index (χ4v) is 2.97. The average molecular weight is 352 g/mol. The molecule has 3 aromatic rings. The van der Waals surface area contributed by atoms with Crippen LogP contribution in [0.1, 0.15) is 38.4 Å². The van der Waals surface area contributed by atoms with E-state index in [1.54, 1.807) is 0 Å². The van der Waals surface area contributed by atoms with Gasteiger partial charge >= 0.3 is 0 Å². The monoisotopic (exact) mass is 352 g/mol. The van der Waals surface area contributed by atoms with Crippen LogP contribution in [-0.2, 0) is 4.79 Å². The number of imidazole rings is 1. The van der Waals surface area contributed by atoms with Crippen molar-refractivity contribution in [3.05, 3.63) is 48.2 Å². The van der Waals surface area contributed by atoms with Gasteiger partial charge < -0.3 is 4.74 Å². The molecule has 2 aromatic heterocycles. The van der Waals surface area contributed by atoms with Crippen LogP contribution in [0.2, 0.25) is 0 Å². The third kappa shape index (κ3) is 3.54. The summed E-state index contributed by atoms with van der Waals surface area (Å²) in [6.45, 7) is 1.91. The molecule has 1 aliphatic carbocycles. The summed E-state index contributed by atoms with van der Waals surface area (Å²) in [7, 11) is 0. The van der Waals surface area contributed by atoms with Gasteiger partial charge in [-0.15, -0.1) is 0 Å². The van der Waals surface area contributed by atoms with Crippen molar-refractivity contribution in [1.82, 2.24) is 14.5 Å². The molecular weight excluding hydrogens is 328 g/mol. The number of aryl methyl sites for hydroxylation is 1. The van der Waals surface area contributed by atoms with Gasteiger partial charge in [0, 0.05) is 11.7 Å². The van der Waals surface area contributed by atoms with E-state index in [9.17, 15) is 4.79 Å². The maximum atomic E-state index is 12.3. The molecule has 1 amide bonds. The second-order valence-electron chi connectivity index (χ2n) is 6.34. The summed E-state index contributed by atoms with van der Waals surface area (Å²) in [6, 6.07) is 13.5. The number of aromatic nitrogens is 3. The Hall–Kier alpha value is -2.89. The third-order valence-corrected chi connectivity index (χ3v) is 4.48. The molecule has 0 atom stereocenters. The van der Waals surface area contributed by atoms with Gasteiger partial charge in [0.25, 0.3) is 5.91 Å². The van der Waals surface area contributed by atoms with Crippen LogP contribution < -0.4 is 10.1 Å². The van der Waals surface area contributed by atoms with Crippen LogP contribution in [0.3, 0.4) is 0 Å². The van der Waals surface area contributed by atoms with Crippen LogP contribution in [0.15, 0.2) is 42.5 Å². The number of nitrogens with zero attached hydrogens (tertiary/aromatic N) is 3. The topological polar surface area (TPSA) is 69.0 Å². The van der Waals surface area contributed by atoms with E-state index in [-0.39, 0.29) is 19.9 Å². The minimum absolute atomic E-state index is 0. The summed E-state index contributed by atoms with van der Waals surface area (Å²) in [4.78, 5) is 21.5. The number of rotatable bonds is 5. The molecule has 4 rings (SSSR count). The summed E-state index contributed by atoms with van der Waals surface area (Å²) >= 11 is 0. The molecule has 1 fully saturated rings. The molecular formula is C20H24N4O2. The van der Waals surface area contributed by atoms with E-state index in [4.69, 9.17) is 4.74 Å². The van der Waals surface area contributed by atoms with E-state index < -0.39 is 0 Å². The zero-order valence-electron chi connectivity index (χ0n) is 14.1. The number of carbonyl (C=O) groups is 1. The Labute approximate surface area is 153 Å². The zero-order chi connectivity index (χ0) is 17.2. The molecule has 0 radical (unpaired) electrons. The van der Waals surface area contributed by atoms with Crippen LogP contribution in [0, 0.1) is 6.92 Å². The van der Waals surface area contributed by atoms with E-state index >= 15 is 0 Å². The molecule has 0 aliphatic heterocycles. The highest BCUT2D eigenvalue weighted by molar-refractivity contribution is 5.92. The summed E-state index contributed by atoms with van der Waals surface area (Å²) in [5.41, 5.74) is 2.58. The van der Waals surface area contributed by atoms with E-state index in [0.29, 0.717) is 17.7 Å². The van der Waals surface area contributed by atoms with Crippen molar-refractivity contribution in [2.24, 2.45) is 0 Å². The number of fused-ring (bicyclic) bond motifs is 1. The van der Waals surface area contributed by atoms with Crippen LogP contribution in [0.4, 0.5) is 5.95 Å². The lowest BCUT2D eigenvalue weighted by molar-refractivity contribution is -0.118. The van der Waals surface area contributed by atoms with Gasteiger partial charge in [0.05, 0.1) is 0 Å². The van der Waals surface area contributed by atoms with Crippen LogP contribution in [-0.4, -0.2) is 27.0 Å². The lowest BCUT2D eigenvalue weighted by atomic mass is 9.93. The Balaban J connectivity index is 0.00000196.